The van der Waals surface area contributed by atoms with Gasteiger partial charge in [-0.2, -0.15) is 4.98 Å². The molecule has 2 aromatic rings. The largest absolute Gasteiger partial charge is 0.386 e. The van der Waals surface area contributed by atoms with Crippen molar-refractivity contribution in [2.24, 2.45) is 0 Å². The molecule has 0 bridgehead atoms. The average molecular weight is 304 g/mol. The summed E-state index contributed by atoms with van der Waals surface area (Å²) in [5.41, 5.74) is -0.521. The first-order chi connectivity index (χ1) is 7.88. The molecule has 0 fully saturated rings. The third-order valence-electron chi connectivity index (χ3n) is 2.07. The number of pyridine rings is 1. The molecule has 1 N–H and O–H groups in total. The zero-order valence-electron chi connectivity index (χ0n) is 10.2. The minimum atomic E-state index is -1.10. The van der Waals surface area contributed by atoms with E-state index in [2.05, 4.69) is 26.0 Å². The standard InChI is InChI=1S/C9H9BrFN3O.C2H6/c1-9(2,15)5-3-6(11)7-12-8(10)13-14(7)4-5;1-2/h3-4,15H,1-2H3;1-2H3. The Bertz CT molecular complexity index is 519. The summed E-state index contributed by atoms with van der Waals surface area (Å²) in [7, 11) is 0. The van der Waals surface area contributed by atoms with Gasteiger partial charge in [-0.25, -0.2) is 8.91 Å². The summed E-state index contributed by atoms with van der Waals surface area (Å²) in [5, 5.41) is 13.7. The van der Waals surface area contributed by atoms with E-state index >= 15 is 0 Å². The van der Waals surface area contributed by atoms with Crippen LogP contribution in [0, 0.1) is 5.82 Å². The smallest absolute Gasteiger partial charge is 0.218 e. The lowest BCUT2D eigenvalue weighted by atomic mass is 10.0. The third-order valence-corrected chi connectivity index (χ3v) is 2.40. The highest BCUT2D eigenvalue weighted by Crippen LogP contribution is 2.22. The molecule has 0 aliphatic carbocycles. The molecular formula is C11H15BrFN3O. The summed E-state index contributed by atoms with van der Waals surface area (Å²) in [4.78, 5) is 3.85. The molecule has 0 saturated heterocycles. The number of aliphatic hydroxyl groups is 1. The number of rotatable bonds is 1. The van der Waals surface area contributed by atoms with Crippen molar-refractivity contribution in [2.45, 2.75) is 33.3 Å². The quantitative estimate of drug-likeness (QED) is 0.881. The van der Waals surface area contributed by atoms with Gasteiger partial charge < -0.3 is 5.11 Å². The fourth-order valence-electron chi connectivity index (χ4n) is 1.25. The van der Waals surface area contributed by atoms with Crippen LogP contribution in [0.4, 0.5) is 4.39 Å². The van der Waals surface area contributed by atoms with E-state index in [1.54, 1.807) is 20.0 Å². The Balaban J connectivity index is 0.000000686. The number of fused-ring (bicyclic) bond motifs is 1. The van der Waals surface area contributed by atoms with Gasteiger partial charge in [0.1, 0.15) is 0 Å². The van der Waals surface area contributed by atoms with E-state index in [0.717, 1.165) is 0 Å². The van der Waals surface area contributed by atoms with Gasteiger partial charge >= 0.3 is 0 Å². The van der Waals surface area contributed by atoms with E-state index in [1.807, 2.05) is 13.8 Å². The van der Waals surface area contributed by atoms with E-state index in [1.165, 1.54) is 10.6 Å². The highest BCUT2D eigenvalue weighted by atomic mass is 79.9. The van der Waals surface area contributed by atoms with Crippen LogP contribution in [0.2, 0.25) is 0 Å². The summed E-state index contributed by atoms with van der Waals surface area (Å²) in [6.07, 6.45) is 1.55. The van der Waals surface area contributed by atoms with Crippen molar-refractivity contribution in [1.29, 1.82) is 0 Å². The van der Waals surface area contributed by atoms with Gasteiger partial charge in [0.15, 0.2) is 11.5 Å². The molecule has 0 atom stereocenters. The van der Waals surface area contributed by atoms with Crippen molar-refractivity contribution < 1.29 is 9.50 Å². The summed E-state index contributed by atoms with van der Waals surface area (Å²) >= 11 is 3.06. The lowest BCUT2D eigenvalue weighted by Crippen LogP contribution is -2.17. The minimum Gasteiger partial charge on any atom is -0.386 e. The SMILES string of the molecule is CC.CC(C)(O)c1cc(F)c2nc(Br)nn2c1. The Hall–Kier alpha value is -1.01. The first-order valence-electron chi connectivity index (χ1n) is 5.32. The van der Waals surface area contributed by atoms with Gasteiger partial charge in [-0.1, -0.05) is 13.8 Å². The second-order valence-corrected chi connectivity index (χ2v) is 4.49. The first-order valence-corrected chi connectivity index (χ1v) is 6.11. The summed E-state index contributed by atoms with van der Waals surface area (Å²) in [5.74, 6) is -0.507. The molecule has 0 unspecified atom stereocenters. The van der Waals surface area contributed by atoms with Crippen molar-refractivity contribution in [3.05, 3.63) is 28.4 Å². The number of nitrogens with zero attached hydrogens (tertiary/aromatic N) is 3. The van der Waals surface area contributed by atoms with Gasteiger partial charge in [-0.15, -0.1) is 5.10 Å². The van der Waals surface area contributed by atoms with Crippen LogP contribution < -0.4 is 0 Å². The Kier molecular flexibility index (Phi) is 4.21. The average Bonchev–Trinajstić information content (AvgIpc) is 2.61. The van der Waals surface area contributed by atoms with Gasteiger partial charge in [0.25, 0.3) is 0 Å². The van der Waals surface area contributed by atoms with Crippen LogP contribution in [0.3, 0.4) is 0 Å². The van der Waals surface area contributed by atoms with Crippen LogP contribution >= 0.6 is 15.9 Å². The lowest BCUT2D eigenvalue weighted by molar-refractivity contribution is 0.0777. The predicted molar refractivity (Wildman–Crippen MR) is 67.2 cm³/mol. The molecule has 4 nitrogen and oxygen atoms in total. The van der Waals surface area contributed by atoms with Crippen molar-refractivity contribution >= 4 is 21.6 Å². The second-order valence-electron chi connectivity index (χ2n) is 3.78. The van der Waals surface area contributed by atoms with Gasteiger partial charge in [-0.3, -0.25) is 0 Å². The molecule has 2 aromatic heterocycles. The molecule has 17 heavy (non-hydrogen) atoms. The molecule has 2 rings (SSSR count). The van der Waals surface area contributed by atoms with Crippen LogP contribution in [0.25, 0.3) is 5.65 Å². The molecule has 0 aliphatic heterocycles. The van der Waals surface area contributed by atoms with Crippen molar-refractivity contribution in [3.8, 4) is 0 Å². The predicted octanol–water partition coefficient (Wildman–Crippen LogP) is 2.88. The Morgan fingerprint density at radius 2 is 2.00 bits per heavy atom. The fourth-order valence-corrected chi connectivity index (χ4v) is 1.59. The fraction of sp³-hybridized carbons (Fsp3) is 0.455. The third kappa shape index (κ3) is 3.01. The second kappa shape index (κ2) is 5.10. The van der Waals surface area contributed by atoms with E-state index in [0.29, 0.717) is 10.3 Å². The maximum absolute atomic E-state index is 13.5. The van der Waals surface area contributed by atoms with E-state index < -0.39 is 11.4 Å². The van der Waals surface area contributed by atoms with Crippen LogP contribution in [-0.4, -0.2) is 19.7 Å². The normalized spacial score (nSPS) is 11.2. The molecule has 0 aliphatic rings. The van der Waals surface area contributed by atoms with Crippen LogP contribution in [0.1, 0.15) is 33.3 Å². The molecular weight excluding hydrogens is 289 g/mol. The lowest BCUT2D eigenvalue weighted by Gasteiger charge is -2.17. The molecule has 6 heteroatoms. The first kappa shape index (κ1) is 14.1. The molecule has 94 valence electrons. The van der Waals surface area contributed by atoms with Crippen LogP contribution in [0.15, 0.2) is 17.0 Å². The number of aromatic nitrogens is 3. The molecule has 0 spiro atoms. The number of hydrogen-bond acceptors (Lipinski definition) is 3. The minimum absolute atomic E-state index is 0.134. The Morgan fingerprint density at radius 3 is 2.53 bits per heavy atom. The Morgan fingerprint density at radius 1 is 1.41 bits per heavy atom. The maximum Gasteiger partial charge on any atom is 0.218 e. The summed E-state index contributed by atoms with van der Waals surface area (Å²) < 4.78 is 15.1. The molecule has 2 heterocycles. The highest BCUT2D eigenvalue weighted by Gasteiger charge is 2.19. The zero-order valence-corrected chi connectivity index (χ0v) is 11.8. The van der Waals surface area contributed by atoms with Gasteiger partial charge in [0.05, 0.1) is 5.60 Å². The van der Waals surface area contributed by atoms with E-state index in [4.69, 9.17) is 0 Å². The molecule has 0 saturated carbocycles. The van der Waals surface area contributed by atoms with Gasteiger partial charge in [0, 0.05) is 11.8 Å². The van der Waals surface area contributed by atoms with Gasteiger partial charge in [0.2, 0.25) is 4.73 Å². The summed E-state index contributed by atoms with van der Waals surface area (Å²) in [6.45, 7) is 7.17. The van der Waals surface area contributed by atoms with Crippen molar-refractivity contribution in [2.75, 3.05) is 0 Å². The zero-order chi connectivity index (χ0) is 13.2. The summed E-state index contributed by atoms with van der Waals surface area (Å²) in [6, 6.07) is 1.26. The van der Waals surface area contributed by atoms with E-state index in [9.17, 15) is 9.50 Å². The highest BCUT2D eigenvalue weighted by molar-refractivity contribution is 9.10. The molecule has 0 radical (unpaired) electrons. The van der Waals surface area contributed by atoms with Crippen LogP contribution in [0.5, 0.6) is 0 Å². The van der Waals surface area contributed by atoms with Gasteiger partial charge in [-0.05, 0) is 35.8 Å². The molecule has 0 amide bonds. The van der Waals surface area contributed by atoms with Crippen LogP contribution in [-0.2, 0) is 5.60 Å². The van der Waals surface area contributed by atoms with Crippen molar-refractivity contribution in [3.63, 3.8) is 0 Å². The van der Waals surface area contributed by atoms with Crippen molar-refractivity contribution in [1.82, 2.24) is 14.6 Å². The monoisotopic (exact) mass is 303 g/mol. The maximum atomic E-state index is 13.5. The number of hydrogen-bond donors (Lipinski definition) is 1. The topological polar surface area (TPSA) is 50.4 Å². The van der Waals surface area contributed by atoms with E-state index in [-0.39, 0.29) is 5.65 Å². The number of halogens is 2. The Labute approximate surface area is 108 Å². The molecule has 0 aromatic carbocycles.